The highest BCUT2D eigenvalue weighted by Crippen LogP contribution is 2.38. The van der Waals surface area contributed by atoms with Crippen molar-refractivity contribution in [1.29, 1.82) is 0 Å². The molecule has 3 atom stereocenters. The van der Waals surface area contributed by atoms with Gasteiger partial charge >= 0.3 is 13.1 Å². The second-order valence-corrected chi connectivity index (χ2v) is 6.78. The normalized spacial score (nSPS) is 29.9. The van der Waals surface area contributed by atoms with Crippen LogP contribution in [0.4, 0.5) is 0 Å². The number of nitrogens with two attached hydrogens (primary N) is 1. The Morgan fingerprint density at radius 1 is 1.43 bits per heavy atom. The predicted molar refractivity (Wildman–Crippen MR) is 82.8 cm³/mol. The summed E-state index contributed by atoms with van der Waals surface area (Å²) in [6.07, 6.45) is 2.96. The van der Waals surface area contributed by atoms with Crippen LogP contribution >= 0.6 is 0 Å². The van der Waals surface area contributed by atoms with E-state index in [0.717, 1.165) is 12.8 Å². The molecule has 1 fully saturated rings. The minimum Gasteiger partial charge on any atom is -0.480 e. The van der Waals surface area contributed by atoms with Crippen LogP contribution in [0.1, 0.15) is 39.5 Å². The molecule has 1 rings (SSSR count). The second kappa shape index (κ2) is 7.58. The first-order chi connectivity index (χ1) is 9.66. The minimum atomic E-state index is -1.33. The van der Waals surface area contributed by atoms with E-state index in [1.807, 2.05) is 7.05 Å². The lowest BCUT2D eigenvalue weighted by Gasteiger charge is -2.43. The molecule has 0 aromatic rings. The molecule has 0 spiro atoms. The SMILES string of the molecule is CC(C)N(C)CC1CC[C@@H](CCB(O)O)C[C@]1(N)C(=O)O. The highest BCUT2D eigenvalue weighted by molar-refractivity contribution is 6.40. The van der Waals surface area contributed by atoms with Gasteiger partial charge in [-0.3, -0.25) is 4.79 Å². The molecule has 1 aliphatic rings. The number of aliphatic carboxylic acids is 1. The van der Waals surface area contributed by atoms with Crippen molar-refractivity contribution in [1.82, 2.24) is 4.90 Å². The summed E-state index contributed by atoms with van der Waals surface area (Å²) in [5, 5.41) is 27.5. The number of carboxylic acid groups (broad SMARTS) is 1. The van der Waals surface area contributed by atoms with E-state index in [1.165, 1.54) is 0 Å². The fourth-order valence-electron chi connectivity index (χ4n) is 3.15. The van der Waals surface area contributed by atoms with Gasteiger partial charge in [0.1, 0.15) is 5.54 Å². The molecule has 6 nitrogen and oxygen atoms in total. The number of hydrogen-bond acceptors (Lipinski definition) is 5. The van der Waals surface area contributed by atoms with Crippen LogP contribution in [-0.4, -0.2) is 58.3 Å². The van der Waals surface area contributed by atoms with Crippen molar-refractivity contribution in [3.8, 4) is 0 Å². The topological polar surface area (TPSA) is 107 Å². The molecule has 5 N–H and O–H groups in total. The van der Waals surface area contributed by atoms with Gasteiger partial charge in [0.05, 0.1) is 0 Å². The molecule has 0 bridgehead atoms. The standard InChI is InChI=1S/C14H29BN2O4/c1-10(2)17(3)9-12-5-4-11(6-7-15(20)21)8-14(12,16)13(18)19/h10-12,20-21H,4-9,16H2,1-3H3,(H,18,19)/t11-,12?,14+/m0/s1. The van der Waals surface area contributed by atoms with Crippen molar-refractivity contribution in [3.63, 3.8) is 0 Å². The van der Waals surface area contributed by atoms with Gasteiger partial charge in [0.25, 0.3) is 0 Å². The summed E-state index contributed by atoms with van der Waals surface area (Å²) in [5.41, 5.74) is 5.02. The van der Waals surface area contributed by atoms with Crippen LogP contribution in [0.2, 0.25) is 6.32 Å². The number of nitrogens with zero attached hydrogens (tertiary/aromatic N) is 1. The zero-order valence-corrected chi connectivity index (χ0v) is 13.3. The van der Waals surface area contributed by atoms with E-state index in [4.69, 9.17) is 15.8 Å². The molecule has 1 aliphatic carbocycles. The molecule has 0 aromatic carbocycles. The van der Waals surface area contributed by atoms with E-state index in [2.05, 4.69) is 18.7 Å². The summed E-state index contributed by atoms with van der Waals surface area (Å²) < 4.78 is 0. The van der Waals surface area contributed by atoms with Crippen molar-refractivity contribution in [2.24, 2.45) is 17.6 Å². The molecule has 0 radical (unpaired) electrons. The highest BCUT2D eigenvalue weighted by atomic mass is 16.4. The van der Waals surface area contributed by atoms with Gasteiger partial charge in [0.2, 0.25) is 0 Å². The quantitative estimate of drug-likeness (QED) is 0.507. The summed E-state index contributed by atoms with van der Waals surface area (Å²) in [7, 11) is 0.660. The Morgan fingerprint density at radius 2 is 2.05 bits per heavy atom. The summed E-state index contributed by atoms with van der Waals surface area (Å²) in [6.45, 7) is 4.83. The lowest BCUT2D eigenvalue weighted by atomic mass is 9.66. The Balaban J connectivity index is 2.72. The van der Waals surface area contributed by atoms with Crippen LogP contribution in [0, 0.1) is 11.8 Å². The molecular weight excluding hydrogens is 271 g/mol. The summed E-state index contributed by atoms with van der Waals surface area (Å²) in [4.78, 5) is 13.8. The van der Waals surface area contributed by atoms with E-state index in [9.17, 15) is 9.90 Å². The Labute approximate surface area is 127 Å². The first-order valence-electron chi connectivity index (χ1n) is 7.75. The van der Waals surface area contributed by atoms with E-state index < -0.39 is 18.6 Å². The Kier molecular flexibility index (Phi) is 6.65. The van der Waals surface area contributed by atoms with Gasteiger partial charge < -0.3 is 25.8 Å². The fraction of sp³-hybridized carbons (Fsp3) is 0.929. The molecule has 7 heteroatoms. The van der Waals surface area contributed by atoms with Gasteiger partial charge in [-0.15, -0.1) is 0 Å². The van der Waals surface area contributed by atoms with Crippen LogP contribution in [0.25, 0.3) is 0 Å². The number of rotatable bonds is 7. The lowest BCUT2D eigenvalue weighted by Crippen LogP contribution is -2.60. The van der Waals surface area contributed by atoms with Crippen molar-refractivity contribution >= 4 is 13.1 Å². The smallest absolute Gasteiger partial charge is 0.451 e. The molecular formula is C14H29BN2O4. The molecule has 1 saturated carbocycles. The molecule has 0 aromatic heterocycles. The van der Waals surface area contributed by atoms with Crippen molar-refractivity contribution in [3.05, 3.63) is 0 Å². The minimum absolute atomic E-state index is 0.0716. The van der Waals surface area contributed by atoms with Gasteiger partial charge in [0, 0.05) is 18.5 Å². The van der Waals surface area contributed by atoms with Gasteiger partial charge in [-0.05, 0) is 52.4 Å². The Hall–Kier alpha value is -0.625. The van der Waals surface area contributed by atoms with Crippen LogP contribution in [-0.2, 0) is 4.79 Å². The average molecular weight is 300 g/mol. The molecule has 0 saturated heterocycles. The molecule has 1 unspecified atom stereocenters. The molecule has 21 heavy (non-hydrogen) atoms. The second-order valence-electron chi connectivity index (χ2n) is 6.78. The maximum atomic E-state index is 11.7. The largest absolute Gasteiger partial charge is 0.480 e. The number of carboxylic acids is 1. The van der Waals surface area contributed by atoms with Gasteiger partial charge in [-0.1, -0.05) is 6.42 Å². The third-order valence-electron chi connectivity index (χ3n) is 4.90. The van der Waals surface area contributed by atoms with Crippen molar-refractivity contribution < 1.29 is 19.9 Å². The van der Waals surface area contributed by atoms with Crippen LogP contribution in [0.5, 0.6) is 0 Å². The van der Waals surface area contributed by atoms with E-state index >= 15 is 0 Å². The predicted octanol–water partition coefficient (Wildman–Crippen LogP) is 0.388. The van der Waals surface area contributed by atoms with Crippen molar-refractivity contribution in [2.75, 3.05) is 13.6 Å². The third-order valence-corrected chi connectivity index (χ3v) is 4.90. The molecule has 0 heterocycles. The number of carbonyl (C=O) groups is 1. The van der Waals surface area contributed by atoms with E-state index in [0.29, 0.717) is 25.4 Å². The molecule has 122 valence electrons. The summed E-state index contributed by atoms with van der Waals surface area (Å²) >= 11 is 0. The molecule has 0 aliphatic heterocycles. The summed E-state index contributed by atoms with van der Waals surface area (Å²) in [6, 6.07) is 0.352. The van der Waals surface area contributed by atoms with Crippen LogP contribution < -0.4 is 5.73 Å². The average Bonchev–Trinajstić information content (AvgIpc) is 2.38. The first-order valence-corrected chi connectivity index (χ1v) is 7.75. The van der Waals surface area contributed by atoms with Crippen molar-refractivity contribution in [2.45, 2.75) is 57.4 Å². The zero-order chi connectivity index (χ0) is 16.2. The number of hydrogen-bond donors (Lipinski definition) is 4. The third kappa shape index (κ3) is 4.95. The van der Waals surface area contributed by atoms with Gasteiger partial charge in [-0.2, -0.15) is 0 Å². The van der Waals surface area contributed by atoms with Crippen LogP contribution in [0.15, 0.2) is 0 Å². The lowest BCUT2D eigenvalue weighted by molar-refractivity contribution is -0.148. The van der Waals surface area contributed by atoms with E-state index in [-0.39, 0.29) is 18.2 Å². The van der Waals surface area contributed by atoms with E-state index in [1.54, 1.807) is 0 Å². The van der Waals surface area contributed by atoms with Crippen LogP contribution in [0.3, 0.4) is 0 Å². The first kappa shape index (κ1) is 18.4. The van der Waals surface area contributed by atoms with Gasteiger partial charge in [-0.25, -0.2) is 0 Å². The zero-order valence-electron chi connectivity index (χ0n) is 13.3. The fourth-order valence-corrected chi connectivity index (χ4v) is 3.15. The highest BCUT2D eigenvalue weighted by Gasteiger charge is 2.47. The monoisotopic (exact) mass is 300 g/mol. The Bertz CT molecular complexity index is 354. The maximum absolute atomic E-state index is 11.7. The Morgan fingerprint density at radius 3 is 2.52 bits per heavy atom. The van der Waals surface area contributed by atoms with Gasteiger partial charge in [0.15, 0.2) is 0 Å². The molecule has 0 amide bonds. The summed E-state index contributed by atoms with van der Waals surface area (Å²) in [5.74, 6) is -0.870. The maximum Gasteiger partial charge on any atom is 0.451 e.